The number of allylic oxidation sites excluding steroid dienone is 1. The number of nitrogens with two attached hydrogens (primary N) is 2. The van der Waals surface area contributed by atoms with E-state index in [0.717, 1.165) is 23.4 Å². The quantitative estimate of drug-likeness (QED) is 0.272. The lowest BCUT2D eigenvalue weighted by molar-refractivity contribution is -0.540. The van der Waals surface area contributed by atoms with E-state index < -0.39 is 0 Å². The lowest BCUT2D eigenvalue weighted by atomic mass is 9.76. The van der Waals surface area contributed by atoms with Crippen molar-refractivity contribution in [2.24, 2.45) is 0 Å². The molecule has 0 amide bonds. The van der Waals surface area contributed by atoms with Crippen LogP contribution in [-0.4, -0.2) is 12.2 Å². The first kappa shape index (κ1) is 37.4. The van der Waals surface area contributed by atoms with Crippen LogP contribution in [0.1, 0.15) is 90.5 Å². The number of aryl methyl sites for hydroxylation is 2. The number of aromatic hydroxyl groups is 1. The lowest BCUT2D eigenvalue weighted by Gasteiger charge is -2.28. The second-order valence-electron chi connectivity index (χ2n) is 8.52. The Morgan fingerprint density at radius 1 is 0.895 bits per heavy atom. The zero-order chi connectivity index (χ0) is 29.7. The number of hydrogen-bond donors (Lipinski definition) is 3. The molecule has 0 saturated heterocycles. The Bertz CT molecular complexity index is 1040. The molecule has 212 valence electrons. The number of benzene rings is 3. The normalized spacial score (nSPS) is 11.3. The van der Waals surface area contributed by atoms with Gasteiger partial charge in [0.05, 0.1) is 7.05 Å². The minimum absolute atomic E-state index is 0.0212. The van der Waals surface area contributed by atoms with Crippen LogP contribution in [0.5, 0.6) is 5.75 Å². The van der Waals surface area contributed by atoms with Crippen molar-refractivity contribution in [3.63, 3.8) is 0 Å². The molecular formula is C34H54ClN2O+. The van der Waals surface area contributed by atoms with Gasteiger partial charge in [-0.3, -0.25) is 0 Å². The van der Waals surface area contributed by atoms with Gasteiger partial charge in [0.1, 0.15) is 11.4 Å². The predicted molar refractivity (Wildman–Crippen MR) is 173 cm³/mol. The molecule has 0 aliphatic carbocycles. The van der Waals surface area contributed by atoms with E-state index in [-0.39, 0.29) is 11.2 Å². The molecule has 3 nitrogen and oxygen atoms in total. The maximum atomic E-state index is 9.96. The molecule has 0 fully saturated rings. The zero-order valence-electron chi connectivity index (χ0n) is 25.8. The largest absolute Gasteiger partial charge is 0.507 e. The van der Waals surface area contributed by atoms with Crippen LogP contribution >= 0.6 is 11.6 Å². The predicted octanol–water partition coefficient (Wildman–Crippen LogP) is 9.61. The smallest absolute Gasteiger partial charge is 0.133 e. The second kappa shape index (κ2) is 21.2. The van der Waals surface area contributed by atoms with Crippen LogP contribution in [0, 0.1) is 13.8 Å². The van der Waals surface area contributed by atoms with Crippen LogP contribution in [-0.2, 0) is 5.41 Å². The van der Waals surface area contributed by atoms with Crippen LogP contribution in [0.15, 0.2) is 66.7 Å². The van der Waals surface area contributed by atoms with Crippen LogP contribution in [0.25, 0.3) is 6.08 Å². The number of hydrogen-bond acceptors (Lipinski definition) is 2. The maximum Gasteiger partial charge on any atom is 0.133 e. The Balaban J connectivity index is 0. The molecule has 0 heterocycles. The molecule has 5 N–H and O–H groups in total. The summed E-state index contributed by atoms with van der Waals surface area (Å²) < 4.78 is 0. The standard InChI is InChI=1S/C20H25ClN2O.C8H10.3C2H6/c1-4-20(2,17-12-15(21)8-10-18(17)23-3)11-5-6-14-7-9-16(22)13-19(14)24;1-7-4-3-5-8(2)6-7;3*1-2/h5-10,12-13,23-24H,4,11,22H2,1-3H3;3-6H,1-2H3;3*1-2H3/p+1/b6-5+;;;;. The van der Waals surface area contributed by atoms with Gasteiger partial charge in [0.2, 0.25) is 0 Å². The number of quaternary nitrogens is 1. The molecule has 4 heteroatoms. The van der Waals surface area contributed by atoms with Crippen LogP contribution < -0.4 is 11.1 Å². The third-order valence-corrected chi connectivity index (χ3v) is 6.09. The van der Waals surface area contributed by atoms with Crippen LogP contribution in [0.4, 0.5) is 11.4 Å². The minimum atomic E-state index is -0.0212. The maximum absolute atomic E-state index is 9.96. The fraction of sp³-hybridized carbons (Fsp3) is 0.412. The van der Waals surface area contributed by atoms with Crippen molar-refractivity contribution in [3.05, 3.63) is 94.0 Å². The van der Waals surface area contributed by atoms with Gasteiger partial charge >= 0.3 is 0 Å². The third-order valence-electron chi connectivity index (χ3n) is 5.85. The van der Waals surface area contributed by atoms with Crippen molar-refractivity contribution >= 4 is 29.1 Å². The average Bonchev–Trinajstić information content (AvgIpc) is 2.93. The van der Waals surface area contributed by atoms with Gasteiger partial charge in [0, 0.05) is 39.4 Å². The van der Waals surface area contributed by atoms with Crippen molar-refractivity contribution in [2.45, 2.75) is 87.5 Å². The molecular weight excluding hydrogens is 488 g/mol. The summed E-state index contributed by atoms with van der Waals surface area (Å²) in [5.74, 6) is 0.204. The molecule has 1 atom stereocenters. The average molecular weight is 542 g/mol. The van der Waals surface area contributed by atoms with Gasteiger partial charge in [0.15, 0.2) is 0 Å². The molecule has 38 heavy (non-hydrogen) atoms. The monoisotopic (exact) mass is 541 g/mol. The van der Waals surface area contributed by atoms with Crippen LogP contribution in [0.3, 0.4) is 0 Å². The van der Waals surface area contributed by atoms with E-state index in [4.69, 9.17) is 17.3 Å². The molecule has 0 bridgehead atoms. The Labute approximate surface area is 239 Å². The second-order valence-corrected chi connectivity index (χ2v) is 8.95. The number of phenols is 1. The fourth-order valence-electron chi connectivity index (χ4n) is 3.70. The first-order valence-electron chi connectivity index (χ1n) is 14.1. The van der Waals surface area contributed by atoms with Gasteiger partial charge in [-0.15, -0.1) is 0 Å². The molecule has 0 saturated carbocycles. The van der Waals surface area contributed by atoms with Crippen molar-refractivity contribution in [2.75, 3.05) is 12.8 Å². The molecule has 3 aromatic carbocycles. The third kappa shape index (κ3) is 13.2. The van der Waals surface area contributed by atoms with Gasteiger partial charge in [0.25, 0.3) is 0 Å². The van der Waals surface area contributed by atoms with Crippen molar-refractivity contribution in [1.29, 1.82) is 0 Å². The van der Waals surface area contributed by atoms with Crippen molar-refractivity contribution in [1.82, 2.24) is 0 Å². The van der Waals surface area contributed by atoms with E-state index in [9.17, 15) is 5.11 Å². The Morgan fingerprint density at radius 2 is 1.47 bits per heavy atom. The Morgan fingerprint density at radius 3 is 1.92 bits per heavy atom. The fourth-order valence-corrected chi connectivity index (χ4v) is 3.87. The number of rotatable bonds is 6. The number of phenolic OH excluding ortho intramolecular Hbond substituents is 1. The van der Waals surface area contributed by atoms with E-state index in [1.807, 2.05) is 66.8 Å². The molecule has 3 rings (SSSR count). The first-order chi connectivity index (χ1) is 18.2. The summed E-state index contributed by atoms with van der Waals surface area (Å²) in [6.07, 6.45) is 5.90. The SMILES string of the molecule is CC.CC.CC.CCC(C)(C/C=C/c1ccc(N)cc1O)c1cc(Cl)ccc1[NH2+]C.Cc1cccc(C)c1. The highest BCUT2D eigenvalue weighted by molar-refractivity contribution is 6.30. The molecule has 3 aromatic rings. The topological polar surface area (TPSA) is 62.9 Å². The molecule has 0 aromatic heterocycles. The highest BCUT2D eigenvalue weighted by Gasteiger charge is 2.27. The van der Waals surface area contributed by atoms with Gasteiger partial charge in [-0.1, -0.05) is 115 Å². The summed E-state index contributed by atoms with van der Waals surface area (Å²) in [5, 5.41) is 12.8. The molecule has 0 aliphatic heterocycles. The van der Waals surface area contributed by atoms with Gasteiger partial charge in [-0.05, 0) is 51.0 Å². The lowest BCUT2D eigenvalue weighted by Crippen LogP contribution is -2.73. The first-order valence-corrected chi connectivity index (χ1v) is 14.4. The number of anilines is 1. The Hall–Kier alpha value is -2.75. The molecule has 0 spiro atoms. The molecule has 0 aliphatic rings. The number of nitrogen functional groups attached to an aromatic ring is 1. The van der Waals surface area contributed by atoms with E-state index in [2.05, 4.69) is 75.5 Å². The van der Waals surface area contributed by atoms with E-state index in [1.54, 1.807) is 12.1 Å². The summed E-state index contributed by atoms with van der Waals surface area (Å²) in [6, 6.07) is 19.7. The zero-order valence-corrected chi connectivity index (χ0v) is 26.6. The van der Waals surface area contributed by atoms with Crippen LogP contribution in [0.2, 0.25) is 5.02 Å². The van der Waals surface area contributed by atoms with E-state index in [1.165, 1.54) is 22.4 Å². The van der Waals surface area contributed by atoms with Gasteiger partial charge in [-0.2, -0.15) is 0 Å². The van der Waals surface area contributed by atoms with E-state index >= 15 is 0 Å². The minimum Gasteiger partial charge on any atom is -0.507 e. The summed E-state index contributed by atoms with van der Waals surface area (Å²) in [4.78, 5) is 0. The highest BCUT2D eigenvalue weighted by Crippen LogP contribution is 2.37. The summed E-state index contributed by atoms with van der Waals surface area (Å²) in [6.45, 7) is 20.6. The van der Waals surface area contributed by atoms with E-state index in [0.29, 0.717) is 5.69 Å². The summed E-state index contributed by atoms with van der Waals surface area (Å²) in [5.41, 5.74) is 12.1. The van der Waals surface area contributed by atoms with Crippen molar-refractivity contribution in [3.8, 4) is 5.75 Å². The summed E-state index contributed by atoms with van der Waals surface area (Å²) >= 11 is 6.23. The summed E-state index contributed by atoms with van der Waals surface area (Å²) in [7, 11) is 2.05. The van der Waals surface area contributed by atoms with Crippen molar-refractivity contribution < 1.29 is 10.4 Å². The molecule has 1 unspecified atom stereocenters. The van der Waals surface area contributed by atoms with Gasteiger partial charge < -0.3 is 16.2 Å². The van der Waals surface area contributed by atoms with Gasteiger partial charge in [-0.25, -0.2) is 0 Å². The number of halogens is 1. The molecule has 0 radical (unpaired) electrons. The Kier molecular flexibility index (Phi) is 20.9. The highest BCUT2D eigenvalue weighted by atomic mass is 35.5.